The highest BCUT2D eigenvalue weighted by Gasteiger charge is 2.32. The third-order valence-electron chi connectivity index (χ3n) is 7.21. The largest absolute Gasteiger partial charge is 0.470 e. The minimum Gasteiger partial charge on any atom is -0.324 e. The summed E-state index contributed by atoms with van der Waals surface area (Å²) >= 11 is 0. The fourth-order valence-electron chi connectivity index (χ4n) is 5.24. The summed E-state index contributed by atoms with van der Waals surface area (Å²) in [6.07, 6.45) is 25.5. The summed E-state index contributed by atoms with van der Waals surface area (Å²) in [5.74, 6) is 0. The van der Waals surface area contributed by atoms with Gasteiger partial charge in [0.2, 0.25) is 0 Å². The van der Waals surface area contributed by atoms with E-state index in [4.69, 9.17) is 4.52 Å². The Bertz CT molecular complexity index is 476. The van der Waals surface area contributed by atoms with Gasteiger partial charge >= 0.3 is 7.82 Å². The molecule has 1 saturated heterocycles. The van der Waals surface area contributed by atoms with Crippen LogP contribution in [0.3, 0.4) is 0 Å². The maximum atomic E-state index is 11.4. The molecule has 0 saturated carbocycles. The molecule has 1 aliphatic heterocycles. The number of phosphoric ester groups is 1. The van der Waals surface area contributed by atoms with Gasteiger partial charge in [-0.1, -0.05) is 110 Å². The highest BCUT2D eigenvalue weighted by atomic mass is 31.2. The molecule has 0 aromatic carbocycles. The van der Waals surface area contributed by atoms with Crippen LogP contribution in [-0.2, 0) is 9.09 Å². The quantitative estimate of drug-likeness (QED) is 0.101. The Balaban J connectivity index is 2.00. The predicted octanol–water partition coefficient (Wildman–Crippen LogP) is 7.75. The summed E-state index contributed by atoms with van der Waals surface area (Å²) in [5.41, 5.74) is 0. The Labute approximate surface area is 199 Å². The number of hydrogen-bond donors (Lipinski definition) is 2. The van der Waals surface area contributed by atoms with Crippen LogP contribution >= 0.6 is 7.82 Å². The Kier molecular flexibility index (Phi) is 17.3. The summed E-state index contributed by atoms with van der Waals surface area (Å²) in [7, 11) is -2.21. The number of phosphoric acid groups is 1. The number of piperidine rings is 1. The molecule has 0 amide bonds. The molecule has 0 aromatic heterocycles. The number of hydrogen-bond acceptors (Lipinski definition) is 2. The molecule has 0 bridgehead atoms. The first-order valence-electron chi connectivity index (χ1n) is 13.9. The normalized spacial score (nSPS) is 17.5. The fraction of sp³-hybridized carbons (Fsp3) is 1.00. The molecule has 1 unspecified atom stereocenters. The van der Waals surface area contributed by atoms with Crippen LogP contribution < -0.4 is 0 Å². The second-order valence-electron chi connectivity index (χ2n) is 10.6. The van der Waals surface area contributed by atoms with E-state index in [0.717, 1.165) is 43.4 Å². The molecule has 1 rings (SSSR count). The van der Waals surface area contributed by atoms with Crippen LogP contribution in [0.25, 0.3) is 0 Å². The third kappa shape index (κ3) is 17.5. The zero-order valence-corrected chi connectivity index (χ0v) is 22.3. The van der Waals surface area contributed by atoms with Gasteiger partial charge in [-0.3, -0.25) is 4.52 Å². The van der Waals surface area contributed by atoms with Crippen molar-refractivity contribution in [2.24, 2.45) is 0 Å². The predicted molar refractivity (Wildman–Crippen MR) is 136 cm³/mol. The van der Waals surface area contributed by atoms with E-state index in [0.29, 0.717) is 0 Å². The van der Waals surface area contributed by atoms with E-state index in [-0.39, 0.29) is 6.10 Å². The van der Waals surface area contributed by atoms with Gasteiger partial charge in [0.15, 0.2) is 0 Å². The van der Waals surface area contributed by atoms with Crippen molar-refractivity contribution in [1.29, 1.82) is 0 Å². The van der Waals surface area contributed by atoms with Crippen molar-refractivity contribution in [3.8, 4) is 0 Å². The van der Waals surface area contributed by atoms with Crippen LogP contribution in [0.2, 0.25) is 0 Å². The summed E-state index contributed by atoms with van der Waals surface area (Å²) < 4.78 is 17.5. The number of unbranched alkanes of at least 4 members (excludes halogenated alkanes) is 15. The lowest BCUT2D eigenvalue weighted by Crippen LogP contribution is -2.52. The van der Waals surface area contributed by atoms with E-state index in [1.54, 1.807) is 0 Å². The van der Waals surface area contributed by atoms with Crippen molar-refractivity contribution in [2.75, 3.05) is 26.7 Å². The van der Waals surface area contributed by atoms with Gasteiger partial charge in [-0.25, -0.2) is 4.57 Å². The van der Waals surface area contributed by atoms with Gasteiger partial charge in [0.05, 0.1) is 20.1 Å². The Morgan fingerprint density at radius 2 is 1.12 bits per heavy atom. The minimum atomic E-state index is -4.42. The van der Waals surface area contributed by atoms with E-state index in [2.05, 4.69) is 14.0 Å². The molecule has 1 heterocycles. The lowest BCUT2D eigenvalue weighted by Gasteiger charge is -2.40. The molecule has 6 heteroatoms. The van der Waals surface area contributed by atoms with E-state index in [1.807, 2.05) is 0 Å². The minimum absolute atomic E-state index is 0.328. The van der Waals surface area contributed by atoms with Gasteiger partial charge in [-0.2, -0.15) is 0 Å². The third-order valence-corrected chi connectivity index (χ3v) is 7.78. The van der Waals surface area contributed by atoms with Crippen LogP contribution in [0.4, 0.5) is 0 Å². The maximum Gasteiger partial charge on any atom is 0.470 e. The number of likely N-dealkylation sites (N-methyl/N-ethyl adjacent to an activating group) is 1. The smallest absolute Gasteiger partial charge is 0.324 e. The van der Waals surface area contributed by atoms with E-state index in [1.165, 1.54) is 109 Å². The van der Waals surface area contributed by atoms with Gasteiger partial charge < -0.3 is 14.3 Å². The first kappa shape index (κ1) is 30.1. The van der Waals surface area contributed by atoms with Crippen molar-refractivity contribution in [2.45, 2.75) is 141 Å². The molecule has 0 aromatic rings. The fourth-order valence-corrected chi connectivity index (χ4v) is 5.80. The van der Waals surface area contributed by atoms with Crippen molar-refractivity contribution in [3.05, 3.63) is 0 Å². The van der Waals surface area contributed by atoms with Crippen LogP contribution in [0.15, 0.2) is 0 Å². The first-order valence-corrected chi connectivity index (χ1v) is 15.5. The molecule has 0 aliphatic carbocycles. The van der Waals surface area contributed by atoms with Crippen LogP contribution in [0, 0.1) is 0 Å². The van der Waals surface area contributed by atoms with E-state index in [9.17, 15) is 14.4 Å². The Morgan fingerprint density at radius 3 is 1.53 bits per heavy atom. The second kappa shape index (κ2) is 18.4. The topological polar surface area (TPSA) is 66.8 Å². The molecule has 2 N–H and O–H groups in total. The molecule has 1 atom stereocenters. The van der Waals surface area contributed by atoms with Gasteiger partial charge in [0.1, 0.15) is 12.6 Å². The SMILES string of the molecule is CCCCCCCCCCCCCCCCCCC(C[N+]1(C)CCCCC1)OP(=O)(O)O. The molecule has 5 nitrogen and oxygen atoms in total. The molecule has 0 spiro atoms. The zero-order chi connectivity index (χ0) is 23.5. The molecule has 1 aliphatic rings. The second-order valence-corrected chi connectivity index (χ2v) is 11.8. The van der Waals surface area contributed by atoms with Crippen LogP contribution in [-0.4, -0.2) is 47.1 Å². The molecule has 0 radical (unpaired) electrons. The molecule has 192 valence electrons. The van der Waals surface area contributed by atoms with Crippen LogP contribution in [0.5, 0.6) is 0 Å². The Hall–Kier alpha value is 0.0700. The van der Waals surface area contributed by atoms with Crippen molar-refractivity contribution < 1.29 is 23.4 Å². The van der Waals surface area contributed by atoms with Gasteiger partial charge in [0.25, 0.3) is 0 Å². The average molecular weight is 477 g/mol. The standard InChI is InChI=1S/C26H54NO4P/c1-3-4-5-6-7-8-9-10-11-12-13-14-15-16-17-19-22-26(31-32(28,29)30)25-27(2)23-20-18-21-24-27/h26H,3-25H2,1-2H3,(H-,28,29,30)/p+1. The monoisotopic (exact) mass is 476 g/mol. The summed E-state index contributed by atoms with van der Waals surface area (Å²) in [4.78, 5) is 18.6. The maximum absolute atomic E-state index is 11.4. The Morgan fingerprint density at radius 1 is 0.719 bits per heavy atom. The highest BCUT2D eigenvalue weighted by Crippen LogP contribution is 2.39. The first-order chi connectivity index (χ1) is 15.3. The lowest BCUT2D eigenvalue weighted by atomic mass is 10.0. The zero-order valence-electron chi connectivity index (χ0n) is 21.4. The highest BCUT2D eigenvalue weighted by molar-refractivity contribution is 7.46. The van der Waals surface area contributed by atoms with E-state index < -0.39 is 7.82 Å². The summed E-state index contributed by atoms with van der Waals surface area (Å²) in [5, 5.41) is 0. The molecule has 32 heavy (non-hydrogen) atoms. The number of nitrogens with zero attached hydrogens (tertiary/aromatic N) is 1. The lowest BCUT2D eigenvalue weighted by molar-refractivity contribution is -0.916. The number of quaternary nitrogens is 1. The van der Waals surface area contributed by atoms with E-state index >= 15 is 0 Å². The van der Waals surface area contributed by atoms with Crippen molar-refractivity contribution in [1.82, 2.24) is 0 Å². The van der Waals surface area contributed by atoms with Gasteiger partial charge in [-0.05, 0) is 25.7 Å². The average Bonchev–Trinajstić information content (AvgIpc) is 2.72. The molecule has 1 fully saturated rings. The molecular weight excluding hydrogens is 421 g/mol. The summed E-state index contributed by atoms with van der Waals surface area (Å²) in [6.45, 7) is 5.20. The van der Waals surface area contributed by atoms with Gasteiger partial charge in [-0.15, -0.1) is 0 Å². The number of likely N-dealkylation sites (tertiary alicyclic amines) is 1. The molecular formula is C26H55NO4P+. The number of rotatable bonds is 21. The van der Waals surface area contributed by atoms with Gasteiger partial charge in [0, 0.05) is 0 Å². The van der Waals surface area contributed by atoms with Crippen molar-refractivity contribution >= 4 is 7.82 Å². The summed E-state index contributed by atoms with van der Waals surface area (Å²) in [6, 6.07) is 0. The van der Waals surface area contributed by atoms with Crippen molar-refractivity contribution in [3.63, 3.8) is 0 Å². The van der Waals surface area contributed by atoms with Crippen LogP contribution in [0.1, 0.15) is 135 Å².